The smallest absolute Gasteiger partial charge is 0.184 e. The van der Waals surface area contributed by atoms with Crippen molar-refractivity contribution in [3.8, 4) is 0 Å². The maximum absolute atomic E-state index is 6.75. The van der Waals surface area contributed by atoms with E-state index < -0.39 is 8.32 Å². The fraction of sp³-hybridized carbons (Fsp3) is 1.00. The highest BCUT2D eigenvalue weighted by Crippen LogP contribution is 2.68. The Morgan fingerprint density at radius 2 is 1.50 bits per heavy atom. The minimum Gasteiger partial charge on any atom is -0.414 e. The van der Waals surface area contributed by atoms with Crippen molar-refractivity contribution in [2.75, 3.05) is 0 Å². The van der Waals surface area contributed by atoms with Gasteiger partial charge in [-0.3, -0.25) is 0 Å². The summed E-state index contributed by atoms with van der Waals surface area (Å²) >= 11 is 0. The van der Waals surface area contributed by atoms with E-state index in [1.807, 2.05) is 0 Å². The molecule has 26 heavy (non-hydrogen) atoms. The van der Waals surface area contributed by atoms with Crippen LogP contribution in [-0.2, 0) is 4.43 Å². The molecule has 2 heteroatoms. The first kappa shape index (κ1) is 19.5. The van der Waals surface area contributed by atoms with Crippen molar-refractivity contribution < 1.29 is 4.43 Å². The summed E-state index contributed by atoms with van der Waals surface area (Å²) in [7, 11) is -1.48. The quantitative estimate of drug-likeness (QED) is 0.460. The van der Waals surface area contributed by atoms with Crippen LogP contribution in [0.3, 0.4) is 0 Å². The van der Waals surface area contributed by atoms with Crippen molar-refractivity contribution in [3.63, 3.8) is 0 Å². The lowest BCUT2D eigenvalue weighted by molar-refractivity contribution is -0.171. The van der Waals surface area contributed by atoms with Crippen LogP contribution in [0.15, 0.2) is 0 Å². The highest BCUT2D eigenvalue weighted by atomic mass is 28.4. The molecule has 4 aliphatic rings. The zero-order valence-corrected chi connectivity index (χ0v) is 19.7. The zero-order chi connectivity index (χ0) is 19.0. The standard InChI is InChI=1S/C24H44OSi/c1-22(2)20-11-10-17-18-9-8-14-23(18,3)15-12-19(17)24(20,4)16-13-21(22)25-26(5,6)7/h17-21H,8-16H2,1-7H3/t17-,18-,19-,20-,21-,23-,24+/m0/s1. The molecule has 0 aliphatic heterocycles. The second-order valence-corrected chi connectivity index (χ2v) is 17.1. The number of hydrogen-bond donors (Lipinski definition) is 0. The first-order valence-electron chi connectivity index (χ1n) is 11.7. The molecule has 4 fully saturated rings. The fourth-order valence-corrected chi connectivity index (χ4v) is 9.98. The van der Waals surface area contributed by atoms with Crippen molar-refractivity contribution in [2.45, 2.75) is 111 Å². The zero-order valence-electron chi connectivity index (χ0n) is 18.7. The van der Waals surface area contributed by atoms with E-state index in [9.17, 15) is 0 Å². The molecule has 4 saturated carbocycles. The van der Waals surface area contributed by atoms with Crippen LogP contribution in [-0.4, -0.2) is 14.4 Å². The van der Waals surface area contributed by atoms with Gasteiger partial charge in [-0.25, -0.2) is 0 Å². The molecular formula is C24H44OSi. The van der Waals surface area contributed by atoms with Crippen molar-refractivity contribution in [3.05, 3.63) is 0 Å². The largest absolute Gasteiger partial charge is 0.414 e. The average Bonchev–Trinajstić information content (AvgIpc) is 2.91. The van der Waals surface area contributed by atoms with E-state index in [0.717, 1.165) is 23.7 Å². The van der Waals surface area contributed by atoms with Gasteiger partial charge in [0.1, 0.15) is 0 Å². The molecular weight excluding hydrogens is 332 g/mol. The topological polar surface area (TPSA) is 9.23 Å². The van der Waals surface area contributed by atoms with Crippen LogP contribution in [0.4, 0.5) is 0 Å². The Morgan fingerprint density at radius 1 is 0.769 bits per heavy atom. The second-order valence-electron chi connectivity index (χ2n) is 12.7. The van der Waals surface area contributed by atoms with Crippen molar-refractivity contribution in [2.24, 2.45) is 39.9 Å². The van der Waals surface area contributed by atoms with E-state index in [1.54, 1.807) is 0 Å². The normalized spacial score (nSPS) is 50.7. The summed E-state index contributed by atoms with van der Waals surface area (Å²) in [5.74, 6) is 3.92. The van der Waals surface area contributed by atoms with Gasteiger partial charge in [0.2, 0.25) is 0 Å². The van der Waals surface area contributed by atoms with E-state index in [1.165, 1.54) is 57.8 Å². The predicted octanol–water partition coefficient (Wildman–Crippen LogP) is 7.28. The maximum Gasteiger partial charge on any atom is 0.184 e. The molecule has 0 heterocycles. The molecule has 150 valence electrons. The Morgan fingerprint density at radius 3 is 2.19 bits per heavy atom. The molecule has 0 saturated heterocycles. The third-order valence-corrected chi connectivity index (χ3v) is 10.8. The third kappa shape index (κ3) is 2.88. The molecule has 4 aliphatic carbocycles. The predicted molar refractivity (Wildman–Crippen MR) is 114 cm³/mol. The molecule has 0 amide bonds. The molecule has 1 nitrogen and oxygen atoms in total. The van der Waals surface area contributed by atoms with E-state index in [0.29, 0.717) is 22.3 Å². The minimum atomic E-state index is -1.48. The minimum absolute atomic E-state index is 0.342. The lowest BCUT2D eigenvalue weighted by Crippen LogP contribution is -2.60. The number of hydrogen-bond acceptors (Lipinski definition) is 1. The summed E-state index contributed by atoms with van der Waals surface area (Å²) in [4.78, 5) is 0. The summed E-state index contributed by atoms with van der Waals surface area (Å²) in [6.07, 6.45) is 13.7. The van der Waals surface area contributed by atoms with Gasteiger partial charge in [0, 0.05) is 0 Å². The maximum atomic E-state index is 6.75. The molecule has 0 N–H and O–H groups in total. The van der Waals surface area contributed by atoms with Gasteiger partial charge in [-0.05, 0) is 111 Å². The lowest BCUT2D eigenvalue weighted by Gasteiger charge is -2.65. The van der Waals surface area contributed by atoms with Crippen LogP contribution in [0.2, 0.25) is 19.6 Å². The number of rotatable bonds is 2. The van der Waals surface area contributed by atoms with E-state index in [-0.39, 0.29) is 0 Å². The Balaban J connectivity index is 1.60. The highest BCUT2D eigenvalue weighted by molar-refractivity contribution is 6.69. The average molecular weight is 377 g/mol. The Bertz CT molecular complexity index is 549. The van der Waals surface area contributed by atoms with Gasteiger partial charge in [-0.1, -0.05) is 34.1 Å². The molecule has 0 aromatic carbocycles. The Kier molecular flexibility index (Phi) is 4.56. The first-order valence-corrected chi connectivity index (χ1v) is 15.1. The van der Waals surface area contributed by atoms with E-state index in [4.69, 9.17) is 4.43 Å². The van der Waals surface area contributed by atoms with Crippen LogP contribution < -0.4 is 0 Å². The summed E-state index contributed by atoms with van der Waals surface area (Å²) in [5, 5.41) is 0. The Hall–Kier alpha value is 0.177. The molecule has 0 spiro atoms. The van der Waals surface area contributed by atoms with Crippen LogP contribution in [0.1, 0.15) is 85.5 Å². The van der Waals surface area contributed by atoms with Crippen LogP contribution in [0, 0.1) is 39.9 Å². The van der Waals surface area contributed by atoms with Crippen molar-refractivity contribution in [1.29, 1.82) is 0 Å². The van der Waals surface area contributed by atoms with Crippen LogP contribution in [0.5, 0.6) is 0 Å². The summed E-state index contributed by atoms with van der Waals surface area (Å²) in [5.41, 5.74) is 1.60. The van der Waals surface area contributed by atoms with E-state index in [2.05, 4.69) is 47.3 Å². The second kappa shape index (κ2) is 6.09. The van der Waals surface area contributed by atoms with Crippen LogP contribution >= 0.6 is 0 Å². The molecule has 4 rings (SSSR count). The molecule has 0 unspecified atom stereocenters. The van der Waals surface area contributed by atoms with Gasteiger partial charge in [0.05, 0.1) is 6.10 Å². The van der Waals surface area contributed by atoms with Gasteiger partial charge in [-0.2, -0.15) is 0 Å². The molecule has 0 aromatic heterocycles. The summed E-state index contributed by atoms with van der Waals surface area (Å²) < 4.78 is 6.75. The van der Waals surface area contributed by atoms with Gasteiger partial charge >= 0.3 is 0 Å². The molecule has 0 bridgehead atoms. The molecule has 0 aromatic rings. The van der Waals surface area contributed by atoms with Crippen LogP contribution in [0.25, 0.3) is 0 Å². The molecule has 0 radical (unpaired) electrons. The van der Waals surface area contributed by atoms with Gasteiger partial charge in [0.25, 0.3) is 0 Å². The molecule has 7 atom stereocenters. The van der Waals surface area contributed by atoms with Crippen molar-refractivity contribution in [1.82, 2.24) is 0 Å². The lowest BCUT2D eigenvalue weighted by atomic mass is 9.41. The third-order valence-electron chi connectivity index (χ3n) is 9.82. The SMILES string of the molecule is CC1(C)[C@@H](O[Si](C)(C)C)CC[C@]2(C)[C@H]3CC[C@]4(C)CCC[C@H]4[C@@H]3CC[C@@H]12. The summed E-state index contributed by atoms with van der Waals surface area (Å²) in [6, 6.07) is 0. The van der Waals surface area contributed by atoms with Gasteiger partial charge in [-0.15, -0.1) is 0 Å². The fourth-order valence-electron chi connectivity index (χ4n) is 8.71. The van der Waals surface area contributed by atoms with Gasteiger partial charge in [0.15, 0.2) is 8.32 Å². The monoisotopic (exact) mass is 376 g/mol. The number of fused-ring (bicyclic) bond motifs is 5. The van der Waals surface area contributed by atoms with Crippen molar-refractivity contribution >= 4 is 8.32 Å². The first-order chi connectivity index (χ1) is 12.0. The highest BCUT2D eigenvalue weighted by Gasteiger charge is 2.62. The van der Waals surface area contributed by atoms with E-state index >= 15 is 0 Å². The summed E-state index contributed by atoms with van der Waals surface area (Å²) in [6.45, 7) is 17.6. The Labute approximate surface area is 164 Å². The van der Waals surface area contributed by atoms with Gasteiger partial charge < -0.3 is 4.43 Å².